The first-order valence-corrected chi connectivity index (χ1v) is 7.06. The first-order valence-electron chi connectivity index (χ1n) is 6.26. The van der Waals surface area contributed by atoms with E-state index in [4.69, 9.17) is 0 Å². The molecule has 0 saturated carbocycles. The third-order valence-electron chi connectivity index (χ3n) is 2.94. The molecule has 0 fully saturated rings. The van der Waals surface area contributed by atoms with Gasteiger partial charge < -0.3 is 10.6 Å². The number of anilines is 2. The highest BCUT2D eigenvalue weighted by Gasteiger charge is 2.17. The van der Waals surface area contributed by atoms with Crippen LogP contribution >= 0.6 is 15.9 Å². The zero-order chi connectivity index (χ0) is 15.6. The van der Waals surface area contributed by atoms with Gasteiger partial charge in [-0.3, -0.25) is 14.3 Å². The van der Waals surface area contributed by atoms with Crippen LogP contribution in [0, 0.1) is 6.92 Å². The van der Waals surface area contributed by atoms with E-state index in [1.807, 2.05) is 6.92 Å². The fourth-order valence-corrected chi connectivity index (χ4v) is 2.27. The van der Waals surface area contributed by atoms with Crippen molar-refractivity contribution in [1.82, 2.24) is 9.78 Å². The van der Waals surface area contributed by atoms with Crippen LogP contribution in [0.5, 0.6) is 0 Å². The molecule has 1 aromatic heterocycles. The lowest BCUT2D eigenvalue weighted by Crippen LogP contribution is -2.13. The molecule has 0 aliphatic carbocycles. The predicted octanol–water partition coefficient (Wildman–Crippen LogP) is 2.70. The molecule has 2 N–H and O–H groups in total. The number of nitrogens with one attached hydrogen (secondary N) is 2. The summed E-state index contributed by atoms with van der Waals surface area (Å²) in [6.07, 6.45) is 0. The Bertz CT molecular complexity index is 692. The van der Waals surface area contributed by atoms with Gasteiger partial charge in [-0.1, -0.05) is 0 Å². The van der Waals surface area contributed by atoms with Gasteiger partial charge in [-0.05, 0) is 47.1 Å². The summed E-state index contributed by atoms with van der Waals surface area (Å²) in [5.41, 5.74) is 2.52. The molecule has 1 heterocycles. The molecule has 110 valence electrons. The second-order valence-corrected chi connectivity index (χ2v) is 5.38. The molecule has 0 bridgehead atoms. The van der Waals surface area contributed by atoms with Crippen LogP contribution in [0.4, 0.5) is 11.4 Å². The SMILES string of the molecule is CC(=O)Nc1ccc(NC(=O)c2nn(C)c(C)c2Br)cc1. The van der Waals surface area contributed by atoms with Gasteiger partial charge >= 0.3 is 0 Å². The predicted molar refractivity (Wildman–Crippen MR) is 84.3 cm³/mol. The molecule has 7 heteroatoms. The van der Waals surface area contributed by atoms with Crippen molar-refractivity contribution in [2.45, 2.75) is 13.8 Å². The summed E-state index contributed by atoms with van der Waals surface area (Å²) in [4.78, 5) is 23.1. The second kappa shape index (κ2) is 6.09. The monoisotopic (exact) mass is 350 g/mol. The van der Waals surface area contributed by atoms with Crippen molar-refractivity contribution < 1.29 is 9.59 Å². The molecule has 0 spiro atoms. The first kappa shape index (κ1) is 15.2. The van der Waals surface area contributed by atoms with Crippen LogP contribution in [0.3, 0.4) is 0 Å². The summed E-state index contributed by atoms with van der Waals surface area (Å²) < 4.78 is 2.32. The van der Waals surface area contributed by atoms with E-state index in [1.165, 1.54) is 6.92 Å². The Morgan fingerprint density at radius 3 is 2.10 bits per heavy atom. The lowest BCUT2D eigenvalue weighted by Gasteiger charge is -2.06. The molecule has 2 aromatic rings. The quantitative estimate of drug-likeness (QED) is 0.893. The second-order valence-electron chi connectivity index (χ2n) is 4.58. The lowest BCUT2D eigenvalue weighted by atomic mass is 10.2. The molecule has 6 nitrogen and oxygen atoms in total. The normalized spacial score (nSPS) is 10.3. The van der Waals surface area contributed by atoms with Gasteiger partial charge in [-0.2, -0.15) is 5.10 Å². The van der Waals surface area contributed by atoms with Gasteiger partial charge in [0.15, 0.2) is 5.69 Å². The summed E-state index contributed by atoms with van der Waals surface area (Å²) in [5, 5.41) is 9.59. The molecular weight excluding hydrogens is 336 g/mol. The van der Waals surface area contributed by atoms with Crippen LogP contribution in [-0.2, 0) is 11.8 Å². The molecule has 0 atom stereocenters. The largest absolute Gasteiger partial charge is 0.326 e. The van der Waals surface area contributed by atoms with Crippen LogP contribution in [0.15, 0.2) is 28.7 Å². The van der Waals surface area contributed by atoms with Gasteiger partial charge in [0.1, 0.15) is 0 Å². The Labute approximate surface area is 130 Å². The van der Waals surface area contributed by atoms with Crippen LogP contribution in [0.25, 0.3) is 0 Å². The maximum atomic E-state index is 12.2. The molecule has 0 saturated heterocycles. The lowest BCUT2D eigenvalue weighted by molar-refractivity contribution is -0.114. The molecule has 21 heavy (non-hydrogen) atoms. The van der Waals surface area contributed by atoms with Crippen LogP contribution < -0.4 is 10.6 Å². The summed E-state index contributed by atoms with van der Waals surface area (Å²) in [7, 11) is 1.78. The number of halogens is 1. The average molecular weight is 351 g/mol. The van der Waals surface area contributed by atoms with Gasteiger partial charge in [0.05, 0.1) is 10.2 Å². The minimum Gasteiger partial charge on any atom is -0.326 e. The standard InChI is InChI=1S/C14H15BrN4O2/c1-8-12(15)13(18-19(8)3)14(21)17-11-6-4-10(5-7-11)16-9(2)20/h4-7H,1-3H3,(H,16,20)(H,17,21). The maximum Gasteiger partial charge on any atom is 0.277 e. The molecule has 0 aliphatic rings. The van der Waals surface area contributed by atoms with Crippen molar-refractivity contribution in [3.8, 4) is 0 Å². The Morgan fingerprint density at radius 1 is 1.14 bits per heavy atom. The summed E-state index contributed by atoms with van der Waals surface area (Å²) in [6, 6.07) is 6.87. The van der Waals surface area contributed by atoms with Crippen molar-refractivity contribution in [3.63, 3.8) is 0 Å². The van der Waals surface area contributed by atoms with Gasteiger partial charge in [0.2, 0.25) is 5.91 Å². The third-order valence-corrected chi connectivity index (χ3v) is 3.89. The molecular formula is C14H15BrN4O2. The van der Waals surface area contributed by atoms with E-state index in [9.17, 15) is 9.59 Å². The van der Waals surface area contributed by atoms with Crippen LogP contribution in [0.2, 0.25) is 0 Å². The van der Waals surface area contributed by atoms with E-state index >= 15 is 0 Å². The Balaban J connectivity index is 2.12. The number of amides is 2. The molecule has 0 aliphatic heterocycles. The van der Waals surface area contributed by atoms with Crippen molar-refractivity contribution in [2.75, 3.05) is 10.6 Å². The highest BCUT2D eigenvalue weighted by Crippen LogP contribution is 2.21. The van der Waals surface area contributed by atoms with E-state index < -0.39 is 0 Å². The zero-order valence-corrected chi connectivity index (χ0v) is 13.5. The minimum atomic E-state index is -0.294. The van der Waals surface area contributed by atoms with Gasteiger partial charge in [0, 0.05) is 25.3 Å². The van der Waals surface area contributed by atoms with E-state index in [1.54, 1.807) is 36.0 Å². The maximum absolute atomic E-state index is 12.2. The number of hydrogen-bond acceptors (Lipinski definition) is 3. The molecule has 0 radical (unpaired) electrons. The van der Waals surface area contributed by atoms with Crippen molar-refractivity contribution in [1.29, 1.82) is 0 Å². The highest BCUT2D eigenvalue weighted by atomic mass is 79.9. The number of rotatable bonds is 3. The van der Waals surface area contributed by atoms with E-state index in [-0.39, 0.29) is 11.8 Å². The smallest absolute Gasteiger partial charge is 0.277 e. The van der Waals surface area contributed by atoms with Gasteiger partial charge in [0.25, 0.3) is 5.91 Å². The Kier molecular flexibility index (Phi) is 4.42. The minimum absolute atomic E-state index is 0.139. The first-order chi connectivity index (χ1) is 9.88. The third kappa shape index (κ3) is 3.49. The van der Waals surface area contributed by atoms with Crippen molar-refractivity contribution >= 4 is 39.1 Å². The Hall–Kier alpha value is -2.15. The molecule has 2 rings (SSSR count). The number of carbonyl (C=O) groups excluding carboxylic acids is 2. The zero-order valence-electron chi connectivity index (χ0n) is 11.9. The summed E-state index contributed by atoms with van der Waals surface area (Å²) in [5.74, 6) is -0.433. The number of hydrogen-bond donors (Lipinski definition) is 2. The molecule has 0 unspecified atom stereocenters. The van der Waals surface area contributed by atoms with E-state index in [2.05, 4.69) is 31.7 Å². The van der Waals surface area contributed by atoms with Gasteiger partial charge in [-0.25, -0.2) is 0 Å². The topological polar surface area (TPSA) is 76.0 Å². The summed E-state index contributed by atoms with van der Waals surface area (Å²) in [6.45, 7) is 3.31. The fraction of sp³-hybridized carbons (Fsp3) is 0.214. The van der Waals surface area contributed by atoms with E-state index in [0.717, 1.165) is 5.69 Å². The number of carbonyl (C=O) groups is 2. The molecule has 1 aromatic carbocycles. The summed E-state index contributed by atoms with van der Waals surface area (Å²) >= 11 is 3.36. The highest BCUT2D eigenvalue weighted by molar-refractivity contribution is 9.10. The Morgan fingerprint density at radius 2 is 1.67 bits per heavy atom. The number of benzene rings is 1. The van der Waals surface area contributed by atoms with E-state index in [0.29, 0.717) is 21.5 Å². The van der Waals surface area contributed by atoms with Crippen LogP contribution in [0.1, 0.15) is 23.1 Å². The number of aryl methyl sites for hydroxylation is 1. The van der Waals surface area contributed by atoms with Crippen LogP contribution in [-0.4, -0.2) is 21.6 Å². The number of nitrogens with zero attached hydrogens (tertiary/aromatic N) is 2. The number of aromatic nitrogens is 2. The van der Waals surface area contributed by atoms with Gasteiger partial charge in [-0.15, -0.1) is 0 Å². The molecule has 2 amide bonds. The van der Waals surface area contributed by atoms with Crippen molar-refractivity contribution in [2.24, 2.45) is 7.05 Å². The fourth-order valence-electron chi connectivity index (χ4n) is 1.76. The van der Waals surface area contributed by atoms with Crippen molar-refractivity contribution in [3.05, 3.63) is 40.1 Å². The average Bonchev–Trinajstić information content (AvgIpc) is 2.68.